The highest BCUT2D eigenvalue weighted by atomic mass is 19.4. The number of hydrogen-bond acceptors (Lipinski definition) is 4. The monoisotopic (exact) mass is 538 g/mol. The van der Waals surface area contributed by atoms with Gasteiger partial charge < -0.3 is 15.2 Å². The molecule has 3 N–H and O–H groups in total. The van der Waals surface area contributed by atoms with Gasteiger partial charge in [0.05, 0.1) is 6.61 Å². The third kappa shape index (κ3) is 5.13. The second kappa shape index (κ2) is 10.4. The molecule has 202 valence electrons. The van der Waals surface area contributed by atoms with Crippen molar-refractivity contribution in [3.63, 3.8) is 0 Å². The number of halogens is 6. The van der Waals surface area contributed by atoms with Gasteiger partial charge in [-0.1, -0.05) is 48.5 Å². The van der Waals surface area contributed by atoms with Crippen LogP contribution in [0.4, 0.5) is 32.0 Å². The topological polar surface area (TPSA) is 70.6 Å². The van der Waals surface area contributed by atoms with Crippen LogP contribution < -0.4 is 10.6 Å². The Bertz CT molecular complexity index is 1290. The Morgan fingerprint density at radius 3 is 2.29 bits per heavy atom. The van der Waals surface area contributed by atoms with E-state index in [2.05, 4.69) is 10.6 Å². The van der Waals surface area contributed by atoms with Crippen LogP contribution in [-0.2, 0) is 28.1 Å². The first-order valence-corrected chi connectivity index (χ1v) is 11.6. The lowest BCUT2D eigenvalue weighted by atomic mass is 9.92. The molecule has 0 aromatic heterocycles. The summed E-state index contributed by atoms with van der Waals surface area (Å²) in [7, 11) is 1.63. The molecule has 5 nitrogen and oxygen atoms in total. The number of methoxy groups -OCH3 is 1. The zero-order valence-electron chi connectivity index (χ0n) is 20.1. The number of rotatable bonds is 7. The fraction of sp³-hybridized carbons (Fsp3) is 0.296. The minimum absolute atomic E-state index is 0.0237. The van der Waals surface area contributed by atoms with Gasteiger partial charge >= 0.3 is 12.4 Å². The molecule has 3 aromatic rings. The predicted molar refractivity (Wildman–Crippen MR) is 128 cm³/mol. The van der Waals surface area contributed by atoms with Gasteiger partial charge in [-0.15, -0.1) is 0 Å². The van der Waals surface area contributed by atoms with Crippen molar-refractivity contribution in [2.45, 2.75) is 37.0 Å². The van der Waals surface area contributed by atoms with Gasteiger partial charge in [0, 0.05) is 24.9 Å². The molecule has 0 saturated carbocycles. The molecule has 38 heavy (non-hydrogen) atoms. The molecular weight excluding hydrogens is 514 g/mol. The van der Waals surface area contributed by atoms with E-state index in [1.807, 2.05) is 42.5 Å². The van der Waals surface area contributed by atoms with Gasteiger partial charge in [0.2, 0.25) is 5.91 Å². The van der Waals surface area contributed by atoms with Crippen LogP contribution in [0.5, 0.6) is 0 Å². The highest BCUT2D eigenvalue weighted by Crippen LogP contribution is 2.50. The first-order chi connectivity index (χ1) is 17.9. The largest absolute Gasteiger partial charge is 0.430 e. The summed E-state index contributed by atoms with van der Waals surface area (Å²) in [5.41, 5.74) is -1.74. The molecule has 1 atom stereocenters. The SMILES string of the molecule is COCCc1ccccc1-c1ccc2c(c1)CNC2C(=O)Nc1ccc(C(O)(C(F)(F)F)C(F)(F)F)cc1. The fourth-order valence-corrected chi connectivity index (χ4v) is 4.49. The van der Waals surface area contributed by atoms with Crippen molar-refractivity contribution in [2.75, 3.05) is 19.0 Å². The summed E-state index contributed by atoms with van der Waals surface area (Å²) < 4.78 is 83.8. The van der Waals surface area contributed by atoms with Gasteiger partial charge in [0.15, 0.2) is 0 Å². The third-order valence-corrected chi connectivity index (χ3v) is 6.51. The summed E-state index contributed by atoms with van der Waals surface area (Å²) >= 11 is 0. The smallest absolute Gasteiger partial charge is 0.384 e. The molecule has 11 heteroatoms. The summed E-state index contributed by atoms with van der Waals surface area (Å²) in [5.74, 6) is -0.536. The number of alkyl halides is 6. The zero-order chi connectivity index (χ0) is 27.7. The number of anilines is 1. The van der Waals surface area contributed by atoms with E-state index >= 15 is 0 Å². The van der Waals surface area contributed by atoms with Crippen molar-refractivity contribution in [2.24, 2.45) is 0 Å². The van der Waals surface area contributed by atoms with Crippen LogP contribution in [0.15, 0.2) is 66.7 Å². The van der Waals surface area contributed by atoms with Crippen LogP contribution in [0.25, 0.3) is 11.1 Å². The summed E-state index contributed by atoms with van der Waals surface area (Å²) in [6, 6.07) is 15.5. The second-order valence-corrected chi connectivity index (χ2v) is 8.90. The molecule has 0 aliphatic carbocycles. The lowest BCUT2D eigenvalue weighted by molar-refractivity contribution is -0.376. The Hall–Kier alpha value is -3.41. The van der Waals surface area contributed by atoms with Crippen LogP contribution in [0.3, 0.4) is 0 Å². The van der Waals surface area contributed by atoms with Crippen LogP contribution in [0, 0.1) is 0 Å². The molecule has 1 amide bonds. The second-order valence-electron chi connectivity index (χ2n) is 8.90. The Morgan fingerprint density at radius 1 is 1.00 bits per heavy atom. The van der Waals surface area contributed by atoms with Crippen molar-refractivity contribution in [3.8, 4) is 11.1 Å². The van der Waals surface area contributed by atoms with Gasteiger partial charge in [-0.3, -0.25) is 10.1 Å². The number of aliphatic hydroxyl groups is 1. The molecule has 0 bridgehead atoms. The van der Waals surface area contributed by atoms with Crippen molar-refractivity contribution in [3.05, 3.63) is 89.0 Å². The molecule has 0 radical (unpaired) electrons. The third-order valence-electron chi connectivity index (χ3n) is 6.51. The summed E-state index contributed by atoms with van der Waals surface area (Å²) in [6.07, 6.45) is -11.2. The molecule has 1 aliphatic heterocycles. The predicted octanol–water partition coefficient (Wildman–Crippen LogP) is 5.64. The Morgan fingerprint density at radius 2 is 1.66 bits per heavy atom. The van der Waals surface area contributed by atoms with E-state index in [9.17, 15) is 36.2 Å². The molecule has 1 aliphatic rings. The van der Waals surface area contributed by atoms with E-state index in [0.29, 0.717) is 30.8 Å². The summed E-state index contributed by atoms with van der Waals surface area (Å²) in [6.45, 7) is 0.961. The number of nitrogens with one attached hydrogen (secondary N) is 2. The van der Waals surface area contributed by atoms with Gasteiger partial charge in [-0.2, -0.15) is 26.3 Å². The van der Waals surface area contributed by atoms with Gasteiger partial charge in [-0.05, 0) is 52.4 Å². The minimum Gasteiger partial charge on any atom is -0.384 e. The average Bonchev–Trinajstić information content (AvgIpc) is 3.30. The van der Waals surface area contributed by atoms with E-state index in [0.717, 1.165) is 40.8 Å². The van der Waals surface area contributed by atoms with Gasteiger partial charge in [-0.25, -0.2) is 0 Å². The Balaban J connectivity index is 1.52. The van der Waals surface area contributed by atoms with E-state index in [1.54, 1.807) is 7.11 Å². The van der Waals surface area contributed by atoms with Crippen molar-refractivity contribution in [1.29, 1.82) is 0 Å². The standard InChI is InChI=1S/C27H24F6N2O3/c1-38-13-12-16-4-2-3-5-21(16)17-6-11-22-18(14-17)15-34-23(22)24(36)35-20-9-7-19(8-10-20)25(37,26(28,29)30)27(31,32)33/h2-11,14,23,34,37H,12-13,15H2,1H3,(H,35,36). The molecule has 3 aromatic carbocycles. The van der Waals surface area contributed by atoms with Crippen LogP contribution in [0.1, 0.15) is 28.3 Å². The summed E-state index contributed by atoms with van der Waals surface area (Å²) in [5, 5.41) is 15.1. The Kier molecular flexibility index (Phi) is 7.55. The maximum absolute atomic E-state index is 13.1. The maximum Gasteiger partial charge on any atom is 0.430 e. The van der Waals surface area contributed by atoms with Crippen LogP contribution in [-0.4, -0.2) is 37.1 Å². The summed E-state index contributed by atoms with van der Waals surface area (Å²) in [4.78, 5) is 12.9. The van der Waals surface area contributed by atoms with Crippen molar-refractivity contribution < 1.29 is 41.0 Å². The number of benzene rings is 3. The van der Waals surface area contributed by atoms with Crippen molar-refractivity contribution in [1.82, 2.24) is 5.32 Å². The van der Waals surface area contributed by atoms with E-state index in [-0.39, 0.29) is 5.69 Å². The molecule has 0 spiro atoms. The number of carbonyl (C=O) groups excluding carboxylic acids is 1. The maximum atomic E-state index is 13.1. The quantitative estimate of drug-likeness (QED) is 0.341. The van der Waals surface area contributed by atoms with E-state index in [4.69, 9.17) is 4.74 Å². The molecule has 0 saturated heterocycles. The van der Waals surface area contributed by atoms with Crippen LogP contribution >= 0.6 is 0 Å². The molecule has 1 heterocycles. The lowest BCUT2D eigenvalue weighted by Gasteiger charge is -2.32. The number of amides is 1. The number of hydrogen-bond donors (Lipinski definition) is 3. The first-order valence-electron chi connectivity index (χ1n) is 11.6. The van der Waals surface area contributed by atoms with Gasteiger partial charge in [0.1, 0.15) is 6.04 Å². The average molecular weight is 538 g/mol. The fourth-order valence-electron chi connectivity index (χ4n) is 4.49. The number of carbonyl (C=O) groups is 1. The Labute approximate surface area is 214 Å². The van der Waals surface area contributed by atoms with Crippen LogP contribution in [0.2, 0.25) is 0 Å². The minimum atomic E-state index is -5.99. The lowest BCUT2D eigenvalue weighted by Crippen LogP contribution is -2.53. The van der Waals surface area contributed by atoms with Gasteiger partial charge in [0.25, 0.3) is 5.60 Å². The normalized spacial score (nSPS) is 15.8. The highest BCUT2D eigenvalue weighted by Gasteiger charge is 2.71. The van der Waals surface area contributed by atoms with E-state index < -0.39 is 35.5 Å². The van der Waals surface area contributed by atoms with E-state index in [1.165, 1.54) is 0 Å². The molecular formula is C27H24F6N2O3. The molecule has 0 fully saturated rings. The zero-order valence-corrected chi connectivity index (χ0v) is 20.1. The van der Waals surface area contributed by atoms with Crippen molar-refractivity contribution >= 4 is 11.6 Å². The number of fused-ring (bicyclic) bond motifs is 1. The molecule has 4 rings (SSSR count). The number of ether oxygens (including phenoxy) is 1. The first kappa shape index (κ1) is 27.6. The highest BCUT2D eigenvalue weighted by molar-refractivity contribution is 5.96. The molecule has 1 unspecified atom stereocenters.